The van der Waals surface area contributed by atoms with Crippen molar-refractivity contribution in [2.45, 2.75) is 0 Å². The van der Waals surface area contributed by atoms with Gasteiger partial charge in [0.15, 0.2) is 0 Å². The van der Waals surface area contributed by atoms with Crippen molar-refractivity contribution in [2.24, 2.45) is 11.0 Å². The molecule has 0 unspecified atom stereocenters. The van der Waals surface area contributed by atoms with E-state index in [-0.39, 0.29) is 22.0 Å². The average Bonchev–Trinajstić information content (AvgIpc) is 2.27. The zero-order chi connectivity index (χ0) is 14.2. The summed E-state index contributed by atoms with van der Waals surface area (Å²) in [7, 11) is -4.94. The summed E-state index contributed by atoms with van der Waals surface area (Å²) in [5.74, 6) is 0. The van der Waals surface area contributed by atoms with E-state index in [9.17, 15) is 5.21 Å². The Hall–Kier alpha value is -0.431. The van der Waals surface area contributed by atoms with E-state index in [0.717, 1.165) is 19.6 Å². The molecule has 0 atom stereocenters. The second-order valence-corrected chi connectivity index (χ2v) is 4.06. The molecule has 0 aromatic carbocycles. The topological polar surface area (TPSA) is 183 Å². The van der Waals surface area contributed by atoms with Crippen LogP contribution in [0.2, 0.25) is 0 Å². The number of nitrogens with zero attached hydrogens (tertiary/aromatic N) is 4. The first-order valence-corrected chi connectivity index (χ1v) is 6.12. The predicted molar refractivity (Wildman–Crippen MR) is 44.9 cm³/mol. The summed E-state index contributed by atoms with van der Waals surface area (Å²) in [6.07, 6.45) is 0. The van der Waals surface area contributed by atoms with Gasteiger partial charge in [0.2, 0.25) is 5.28 Å². The van der Waals surface area contributed by atoms with Gasteiger partial charge in [-0.05, 0) is 0 Å². The number of nitrogens with two attached hydrogens (primary N) is 1. The molecule has 0 aliphatic carbocycles. The molecule has 1 fully saturated rings. The van der Waals surface area contributed by atoms with Crippen LogP contribution in [0.1, 0.15) is 0 Å². The van der Waals surface area contributed by atoms with Gasteiger partial charge in [-0.2, -0.15) is 0 Å². The molecule has 1 heterocycles. The van der Waals surface area contributed by atoms with Crippen LogP contribution in [0, 0.1) is 15.5 Å². The molecule has 1 aliphatic heterocycles. The predicted octanol–water partition coefficient (Wildman–Crippen LogP) is -5.93. The molecule has 13 heteroatoms. The van der Waals surface area contributed by atoms with Gasteiger partial charge >= 0.3 is 17.1 Å². The van der Waals surface area contributed by atoms with E-state index in [1.165, 1.54) is 5.01 Å². The van der Waals surface area contributed by atoms with Crippen LogP contribution in [-0.4, -0.2) is 59.4 Å². The molecule has 0 aromatic rings. The number of hydrogen-bond donors (Lipinski definition) is 2. The van der Waals surface area contributed by atoms with Crippen LogP contribution in [0.3, 0.4) is 0 Å². The first-order valence-electron chi connectivity index (χ1n) is 4.89. The van der Waals surface area contributed by atoms with Gasteiger partial charge in [-0.1, -0.05) is 0 Å². The van der Waals surface area contributed by atoms with E-state index in [1.54, 1.807) is 0 Å². The Morgan fingerprint density at radius 1 is 1.16 bits per heavy atom. The monoisotopic (exact) mass is 351 g/mol. The van der Waals surface area contributed by atoms with Gasteiger partial charge in [0.05, 0.1) is 18.1 Å². The van der Waals surface area contributed by atoms with E-state index < -0.39 is 10.2 Å². The molecule has 3 N–H and O–H groups in total. The zero-order valence-electron chi connectivity index (χ0n) is 9.78. The third kappa shape index (κ3) is 12.4. The first kappa shape index (κ1) is 20.9. The van der Waals surface area contributed by atoms with Gasteiger partial charge in [0, 0.05) is 26.2 Å². The van der Waals surface area contributed by atoms with Crippen molar-refractivity contribution in [1.82, 2.24) is 9.91 Å². The van der Waals surface area contributed by atoms with E-state index in [0.29, 0.717) is 19.6 Å². The van der Waals surface area contributed by atoms with E-state index >= 15 is 0 Å². The Balaban J connectivity index is 0. The van der Waals surface area contributed by atoms with Crippen molar-refractivity contribution in [3.8, 4) is 0 Å². The normalized spacial score (nSPS) is 17.3. The van der Waals surface area contributed by atoms with Crippen molar-refractivity contribution in [3.63, 3.8) is 0 Å². The molecule has 0 spiro atoms. The molecule has 1 saturated heterocycles. The maximum atomic E-state index is 10.8. The number of hydrogen-bond acceptors (Lipinski definition) is 8. The van der Waals surface area contributed by atoms with Crippen LogP contribution in [0.15, 0.2) is 5.28 Å². The molecular weight excluding hydrogens is 337 g/mol. The van der Waals surface area contributed by atoms with Crippen LogP contribution < -0.4 is 24.4 Å². The Morgan fingerprint density at radius 2 is 1.58 bits per heavy atom. The summed E-state index contributed by atoms with van der Waals surface area (Å²) in [6, 6.07) is 0. The summed E-state index contributed by atoms with van der Waals surface area (Å²) >= 11 is 0. The second-order valence-electron chi connectivity index (χ2n) is 3.30. The van der Waals surface area contributed by atoms with Crippen LogP contribution in [-0.2, 0) is 17.1 Å². The standard InChI is InChI=1S/C6H15N5O2.ClHO4.Cu/c7-1-2-9-3-5-10(6-4-9)11(13)8-12;2-1(3,4)5;/h12H,1-7H2;(H,2,3,4,5);/q;;+2/p-1. The van der Waals surface area contributed by atoms with Gasteiger partial charge in [-0.15, -0.1) is 15.3 Å². The number of hydrazine groups is 1. The fourth-order valence-electron chi connectivity index (χ4n) is 1.37. The molecule has 0 bridgehead atoms. The van der Waals surface area contributed by atoms with Gasteiger partial charge in [0.1, 0.15) is 0 Å². The Labute approximate surface area is 122 Å². The number of rotatable bonds is 3. The molecule has 1 radical (unpaired) electrons. The molecule has 1 aliphatic rings. The van der Waals surface area contributed by atoms with Crippen LogP contribution in [0.4, 0.5) is 0 Å². The fraction of sp³-hybridized carbons (Fsp3) is 1.00. The molecule has 19 heavy (non-hydrogen) atoms. The van der Waals surface area contributed by atoms with E-state index in [4.69, 9.17) is 29.6 Å². The summed E-state index contributed by atoms with van der Waals surface area (Å²) in [4.78, 5) is 2.39. The zero-order valence-corrected chi connectivity index (χ0v) is 11.5. The van der Waals surface area contributed by atoms with Gasteiger partial charge < -0.3 is 16.1 Å². The van der Waals surface area contributed by atoms with Gasteiger partial charge in [-0.3, -0.25) is 4.90 Å². The van der Waals surface area contributed by atoms with E-state index in [2.05, 4.69) is 10.2 Å². The third-order valence-corrected chi connectivity index (χ3v) is 2.11. The largest absolute Gasteiger partial charge is 2.00 e. The average molecular weight is 352 g/mol. The Bertz CT molecular complexity index is 253. The molecule has 0 amide bonds. The SMILES string of the molecule is NCCN1CCN([N+]([O-])=NO)CC1.[Cu+2].[O-][Cl+3]([O-])([O-])[O-]. The minimum Gasteiger partial charge on any atom is -0.569 e. The Kier molecular flexibility index (Phi) is 11.4. The maximum absolute atomic E-state index is 10.8. The molecule has 117 valence electrons. The number of piperazine rings is 1. The van der Waals surface area contributed by atoms with Crippen LogP contribution in [0.25, 0.3) is 0 Å². The molecule has 1 rings (SSSR count). The minimum absolute atomic E-state index is 0. The summed E-state index contributed by atoms with van der Waals surface area (Å²) in [5.41, 5.74) is 5.39. The van der Waals surface area contributed by atoms with Crippen LogP contribution >= 0.6 is 0 Å². The summed E-state index contributed by atoms with van der Waals surface area (Å²) in [5, 5.41) is 23.0. The van der Waals surface area contributed by atoms with Gasteiger partial charge in [0.25, 0.3) is 0 Å². The Morgan fingerprint density at radius 3 is 1.89 bits per heavy atom. The van der Waals surface area contributed by atoms with Crippen LogP contribution in [0.5, 0.6) is 0 Å². The van der Waals surface area contributed by atoms with Crippen molar-refractivity contribution in [2.75, 3.05) is 39.3 Å². The summed E-state index contributed by atoms with van der Waals surface area (Å²) < 4.78 is 34.0. The van der Waals surface area contributed by atoms with Crippen molar-refractivity contribution < 1.29 is 56.1 Å². The molecule has 11 nitrogen and oxygen atoms in total. The van der Waals surface area contributed by atoms with E-state index in [1.807, 2.05) is 0 Å². The number of halogens is 1. The third-order valence-electron chi connectivity index (χ3n) is 2.11. The molecule has 0 saturated carbocycles. The summed E-state index contributed by atoms with van der Waals surface area (Å²) in [6.45, 7) is 4.20. The van der Waals surface area contributed by atoms with Crippen molar-refractivity contribution in [3.05, 3.63) is 5.21 Å². The smallest absolute Gasteiger partial charge is 0.569 e. The van der Waals surface area contributed by atoms with Crippen molar-refractivity contribution in [1.29, 1.82) is 0 Å². The maximum Gasteiger partial charge on any atom is 2.00 e. The fourth-order valence-corrected chi connectivity index (χ4v) is 1.37. The second kappa shape index (κ2) is 10.4. The van der Waals surface area contributed by atoms with Gasteiger partial charge in [-0.25, -0.2) is 18.6 Å². The van der Waals surface area contributed by atoms with Crippen molar-refractivity contribution >= 4 is 0 Å². The first-order chi connectivity index (χ1) is 8.27. The minimum atomic E-state index is -4.94. The molecular formula is C6H15ClCuN5O6+. The molecule has 0 aromatic heterocycles. The quantitative estimate of drug-likeness (QED) is 0.216.